The Balaban J connectivity index is 2.29. The molecule has 1 N–H and O–H groups in total. The van der Waals surface area contributed by atoms with Gasteiger partial charge in [0.15, 0.2) is 17.5 Å². The minimum absolute atomic E-state index is 0.276. The summed E-state index contributed by atoms with van der Waals surface area (Å²) >= 11 is 0. The maximum atomic E-state index is 13.3. The predicted molar refractivity (Wildman–Crippen MR) is 73.0 cm³/mol. The average molecular weight is 279 g/mol. The van der Waals surface area contributed by atoms with Crippen LogP contribution in [0, 0.1) is 24.4 Å². The van der Waals surface area contributed by atoms with Crippen molar-refractivity contribution < 1.29 is 13.2 Å². The first-order chi connectivity index (χ1) is 9.51. The van der Waals surface area contributed by atoms with E-state index in [4.69, 9.17) is 0 Å². The number of hydrogen-bond acceptors (Lipinski definition) is 1. The van der Waals surface area contributed by atoms with Gasteiger partial charge in [-0.3, -0.25) is 0 Å². The van der Waals surface area contributed by atoms with Crippen molar-refractivity contribution in [2.24, 2.45) is 0 Å². The highest BCUT2D eigenvalue weighted by Gasteiger charge is 2.16. The molecule has 0 aliphatic carbocycles. The van der Waals surface area contributed by atoms with Crippen molar-refractivity contribution in [3.05, 3.63) is 70.5 Å². The SMILES string of the molecule is CNC(Cc1cccc(C)c1)c1cc(F)c(F)c(F)c1. The van der Waals surface area contributed by atoms with Crippen molar-refractivity contribution in [2.45, 2.75) is 19.4 Å². The zero-order valence-electron chi connectivity index (χ0n) is 11.4. The van der Waals surface area contributed by atoms with E-state index in [0.29, 0.717) is 12.0 Å². The molecule has 0 aliphatic heterocycles. The van der Waals surface area contributed by atoms with E-state index in [1.165, 1.54) is 0 Å². The molecular formula is C16H16F3N. The lowest BCUT2D eigenvalue weighted by Crippen LogP contribution is -2.19. The van der Waals surface area contributed by atoms with Gasteiger partial charge in [0.1, 0.15) is 0 Å². The fourth-order valence-corrected chi connectivity index (χ4v) is 2.24. The van der Waals surface area contributed by atoms with E-state index in [1.54, 1.807) is 7.05 Å². The standard InChI is InChI=1S/C16H16F3N/c1-10-4-3-5-11(6-10)7-15(20-2)12-8-13(17)16(19)14(18)9-12/h3-6,8-9,15,20H,7H2,1-2H3. The number of aryl methyl sites for hydroxylation is 1. The van der Waals surface area contributed by atoms with Gasteiger partial charge in [0.2, 0.25) is 0 Å². The number of rotatable bonds is 4. The molecule has 0 aromatic heterocycles. The Labute approximate surface area is 116 Å². The van der Waals surface area contributed by atoms with Crippen LogP contribution >= 0.6 is 0 Å². The maximum absolute atomic E-state index is 13.3. The van der Waals surface area contributed by atoms with Gasteiger partial charge in [0, 0.05) is 6.04 Å². The third-order valence-corrected chi connectivity index (χ3v) is 3.28. The second-order valence-corrected chi connectivity index (χ2v) is 4.83. The molecule has 0 fully saturated rings. The van der Waals surface area contributed by atoms with Gasteiger partial charge in [-0.2, -0.15) is 0 Å². The molecule has 106 valence electrons. The van der Waals surface area contributed by atoms with Crippen LogP contribution in [0.25, 0.3) is 0 Å². The van der Waals surface area contributed by atoms with Crippen molar-refractivity contribution >= 4 is 0 Å². The molecule has 4 heteroatoms. The van der Waals surface area contributed by atoms with Gasteiger partial charge in [-0.05, 0) is 43.7 Å². The quantitative estimate of drug-likeness (QED) is 0.837. The highest BCUT2D eigenvalue weighted by atomic mass is 19.2. The van der Waals surface area contributed by atoms with E-state index in [-0.39, 0.29) is 6.04 Å². The fraction of sp³-hybridized carbons (Fsp3) is 0.250. The van der Waals surface area contributed by atoms with Crippen molar-refractivity contribution in [3.63, 3.8) is 0 Å². The average Bonchev–Trinajstić information content (AvgIpc) is 2.41. The van der Waals surface area contributed by atoms with Crippen LogP contribution < -0.4 is 5.32 Å². The largest absolute Gasteiger partial charge is 0.313 e. The Morgan fingerprint density at radius 1 is 1.05 bits per heavy atom. The first-order valence-corrected chi connectivity index (χ1v) is 6.38. The molecule has 0 saturated carbocycles. The van der Waals surface area contributed by atoms with E-state index >= 15 is 0 Å². The lowest BCUT2D eigenvalue weighted by atomic mass is 9.97. The van der Waals surface area contributed by atoms with Crippen molar-refractivity contribution in [3.8, 4) is 0 Å². The number of nitrogens with one attached hydrogen (secondary N) is 1. The van der Waals surface area contributed by atoms with Crippen molar-refractivity contribution in [2.75, 3.05) is 7.05 Å². The van der Waals surface area contributed by atoms with Crippen LogP contribution in [0.5, 0.6) is 0 Å². The van der Waals surface area contributed by atoms with Gasteiger partial charge in [-0.15, -0.1) is 0 Å². The Morgan fingerprint density at radius 3 is 2.25 bits per heavy atom. The molecule has 1 nitrogen and oxygen atoms in total. The zero-order chi connectivity index (χ0) is 14.7. The maximum Gasteiger partial charge on any atom is 0.194 e. The van der Waals surface area contributed by atoms with Crippen molar-refractivity contribution in [1.29, 1.82) is 0 Å². The Morgan fingerprint density at radius 2 is 1.70 bits per heavy atom. The summed E-state index contributed by atoms with van der Waals surface area (Å²) < 4.78 is 39.6. The van der Waals surface area contributed by atoms with Gasteiger partial charge in [0.05, 0.1) is 0 Å². The second kappa shape index (κ2) is 6.09. The zero-order valence-corrected chi connectivity index (χ0v) is 11.4. The number of hydrogen-bond donors (Lipinski definition) is 1. The van der Waals surface area contributed by atoms with Crippen LogP contribution in [-0.2, 0) is 6.42 Å². The highest BCUT2D eigenvalue weighted by molar-refractivity contribution is 5.28. The minimum atomic E-state index is -1.43. The molecule has 0 amide bonds. The van der Waals surface area contributed by atoms with E-state index < -0.39 is 17.5 Å². The van der Waals surface area contributed by atoms with Crippen LogP contribution in [0.15, 0.2) is 36.4 Å². The molecule has 20 heavy (non-hydrogen) atoms. The highest BCUT2D eigenvalue weighted by Crippen LogP contribution is 2.22. The third kappa shape index (κ3) is 3.20. The molecule has 2 aromatic carbocycles. The number of benzene rings is 2. The number of halogens is 3. The predicted octanol–water partition coefficient (Wildman–Crippen LogP) is 3.92. The van der Waals surface area contributed by atoms with Gasteiger partial charge >= 0.3 is 0 Å². The first kappa shape index (κ1) is 14.6. The topological polar surface area (TPSA) is 12.0 Å². The summed E-state index contributed by atoms with van der Waals surface area (Å²) in [6.07, 6.45) is 0.572. The third-order valence-electron chi connectivity index (χ3n) is 3.28. The molecule has 0 radical (unpaired) electrons. The first-order valence-electron chi connectivity index (χ1n) is 6.38. The Bertz CT molecular complexity index is 587. The summed E-state index contributed by atoms with van der Waals surface area (Å²) in [7, 11) is 1.71. The molecule has 0 saturated heterocycles. The molecule has 1 atom stereocenters. The molecule has 2 aromatic rings. The second-order valence-electron chi connectivity index (χ2n) is 4.83. The minimum Gasteiger partial charge on any atom is -0.313 e. The van der Waals surface area contributed by atoms with Gasteiger partial charge in [-0.1, -0.05) is 29.8 Å². The summed E-state index contributed by atoms with van der Waals surface area (Å²) in [4.78, 5) is 0. The van der Waals surface area contributed by atoms with Crippen molar-refractivity contribution in [1.82, 2.24) is 5.32 Å². The van der Waals surface area contributed by atoms with Crippen LogP contribution in [0.1, 0.15) is 22.7 Å². The van der Waals surface area contributed by atoms with Gasteiger partial charge in [0.25, 0.3) is 0 Å². The Hall–Kier alpha value is -1.81. The van der Waals surface area contributed by atoms with E-state index in [9.17, 15) is 13.2 Å². The molecular weight excluding hydrogens is 263 g/mol. The smallest absolute Gasteiger partial charge is 0.194 e. The molecule has 2 rings (SSSR count). The molecule has 0 spiro atoms. The molecule has 0 bridgehead atoms. The summed E-state index contributed by atoms with van der Waals surface area (Å²) in [5.41, 5.74) is 2.56. The van der Waals surface area contributed by atoms with Gasteiger partial charge < -0.3 is 5.32 Å². The lowest BCUT2D eigenvalue weighted by Gasteiger charge is -2.17. The summed E-state index contributed by atoms with van der Waals surface area (Å²) in [5.74, 6) is -3.76. The fourth-order valence-electron chi connectivity index (χ4n) is 2.24. The summed E-state index contributed by atoms with van der Waals surface area (Å²) in [5, 5.41) is 3.00. The summed E-state index contributed by atoms with van der Waals surface area (Å²) in [6.45, 7) is 1.98. The molecule has 0 heterocycles. The van der Waals surface area contributed by atoms with E-state index in [2.05, 4.69) is 5.32 Å². The normalized spacial score (nSPS) is 12.4. The summed E-state index contributed by atoms with van der Waals surface area (Å²) in [6, 6.07) is 9.68. The van der Waals surface area contributed by atoms with Crippen LogP contribution in [0.3, 0.4) is 0 Å². The van der Waals surface area contributed by atoms with Crippen LogP contribution in [0.4, 0.5) is 13.2 Å². The molecule has 0 aliphatic rings. The van der Waals surface area contributed by atoms with Gasteiger partial charge in [-0.25, -0.2) is 13.2 Å². The lowest BCUT2D eigenvalue weighted by molar-refractivity contribution is 0.441. The van der Waals surface area contributed by atoms with Crippen LogP contribution in [-0.4, -0.2) is 7.05 Å². The van der Waals surface area contributed by atoms with E-state index in [1.807, 2.05) is 31.2 Å². The molecule has 1 unspecified atom stereocenters. The Kier molecular flexibility index (Phi) is 4.45. The number of likely N-dealkylation sites (N-methyl/N-ethyl adjacent to an activating group) is 1. The van der Waals surface area contributed by atoms with E-state index in [0.717, 1.165) is 23.3 Å². The van der Waals surface area contributed by atoms with Crippen LogP contribution in [0.2, 0.25) is 0 Å². The monoisotopic (exact) mass is 279 g/mol.